The van der Waals surface area contributed by atoms with Crippen LogP contribution in [0.3, 0.4) is 0 Å². The Morgan fingerprint density at radius 3 is 2.50 bits per heavy atom. The van der Waals surface area contributed by atoms with Crippen LogP contribution in [0.4, 0.5) is 13.2 Å². The molecule has 0 saturated carbocycles. The summed E-state index contributed by atoms with van der Waals surface area (Å²) in [6.07, 6.45) is -7.22. The van der Waals surface area contributed by atoms with Gasteiger partial charge in [0.1, 0.15) is 6.04 Å². The molecule has 0 saturated heterocycles. The molecule has 0 aliphatic carbocycles. The molecule has 0 fully saturated rings. The van der Waals surface area contributed by atoms with Gasteiger partial charge in [-0.05, 0) is 0 Å². The minimum Gasteiger partial charge on any atom is -0.467 e. The molecule has 0 rings (SSSR count). The molecule has 0 unspecified atom stereocenters. The highest BCUT2D eigenvalue weighted by atomic mass is 19.4. The summed E-state index contributed by atoms with van der Waals surface area (Å²) in [6, 6.07) is -2.18. The van der Waals surface area contributed by atoms with Gasteiger partial charge in [-0.25, -0.2) is 4.79 Å². The monoisotopic (exact) mass is 268 g/mol. The van der Waals surface area contributed by atoms with Crippen molar-refractivity contribution in [3.8, 4) is 0 Å². The number of rotatable bonds is 5. The first-order chi connectivity index (χ1) is 8.65. The molecule has 100 valence electrons. The highest BCUT2D eigenvalue weighted by Crippen LogP contribution is 2.15. The first-order valence-corrected chi connectivity index (χ1v) is 4.24. The maximum absolute atomic E-state index is 12.0. The third-order valence-electron chi connectivity index (χ3n) is 1.52. The minimum absolute atomic E-state index is 0.216. The SMILES string of the molecule is [2H][C@@H](C(=O)C=[N+]=[N-])[C@H](NC(=O)C(F)(F)F)C(=O)OC. The maximum Gasteiger partial charge on any atom is 0.471 e. The van der Waals surface area contributed by atoms with Gasteiger partial charge in [0.05, 0.1) is 7.11 Å². The van der Waals surface area contributed by atoms with E-state index in [1.54, 1.807) is 0 Å². The van der Waals surface area contributed by atoms with Crippen LogP contribution in [0.2, 0.25) is 0 Å². The van der Waals surface area contributed by atoms with E-state index in [0.717, 1.165) is 12.4 Å². The van der Waals surface area contributed by atoms with Crippen LogP contribution in [0.15, 0.2) is 0 Å². The van der Waals surface area contributed by atoms with Gasteiger partial charge in [-0.1, -0.05) is 0 Å². The molecule has 0 radical (unpaired) electrons. The van der Waals surface area contributed by atoms with Crippen LogP contribution in [0.1, 0.15) is 7.77 Å². The Hall–Kier alpha value is -2.22. The van der Waals surface area contributed by atoms with E-state index < -0.39 is 36.3 Å². The van der Waals surface area contributed by atoms with Crippen LogP contribution in [-0.4, -0.2) is 48.0 Å². The molecule has 1 N–H and O–H groups in total. The van der Waals surface area contributed by atoms with Gasteiger partial charge in [0.2, 0.25) is 5.78 Å². The van der Waals surface area contributed by atoms with E-state index in [-0.39, 0.29) is 6.21 Å². The number of hydrogen-bond acceptors (Lipinski definition) is 4. The van der Waals surface area contributed by atoms with Gasteiger partial charge in [0.15, 0.2) is 0 Å². The summed E-state index contributed by atoms with van der Waals surface area (Å²) in [5, 5.41) is 1.16. The van der Waals surface area contributed by atoms with Crippen LogP contribution >= 0.6 is 0 Å². The number of carbonyl (C=O) groups is 3. The highest BCUT2D eigenvalue weighted by Gasteiger charge is 2.41. The summed E-state index contributed by atoms with van der Waals surface area (Å²) in [5.74, 6) is -5.22. The molecule has 0 aliphatic rings. The normalized spacial score (nSPS) is 14.6. The van der Waals surface area contributed by atoms with E-state index in [1.165, 1.54) is 0 Å². The van der Waals surface area contributed by atoms with Gasteiger partial charge < -0.3 is 15.6 Å². The fourth-order valence-electron chi connectivity index (χ4n) is 0.783. The fraction of sp³-hybridized carbons (Fsp3) is 0.500. The molecule has 0 aliphatic heterocycles. The third-order valence-corrected chi connectivity index (χ3v) is 1.52. The van der Waals surface area contributed by atoms with Crippen molar-refractivity contribution in [2.24, 2.45) is 0 Å². The molecule has 0 bridgehead atoms. The van der Waals surface area contributed by atoms with Gasteiger partial charge in [-0.15, -0.1) is 0 Å². The zero-order valence-electron chi connectivity index (χ0n) is 9.89. The lowest BCUT2D eigenvalue weighted by Gasteiger charge is -2.15. The Kier molecular flexibility index (Phi) is 5.00. The van der Waals surface area contributed by atoms with Crippen molar-refractivity contribution in [3.63, 3.8) is 0 Å². The lowest BCUT2D eigenvalue weighted by atomic mass is 10.1. The molecule has 18 heavy (non-hydrogen) atoms. The van der Waals surface area contributed by atoms with Gasteiger partial charge in [0, 0.05) is 7.77 Å². The number of halogens is 3. The lowest BCUT2D eigenvalue weighted by molar-refractivity contribution is -0.175. The Bertz CT molecular complexity index is 433. The zero-order valence-corrected chi connectivity index (χ0v) is 8.89. The van der Waals surface area contributed by atoms with Crippen molar-refractivity contribution in [1.29, 1.82) is 0 Å². The van der Waals surface area contributed by atoms with Gasteiger partial charge in [-0.3, -0.25) is 9.59 Å². The highest BCUT2D eigenvalue weighted by molar-refractivity contribution is 6.26. The van der Waals surface area contributed by atoms with Crippen LogP contribution in [0.25, 0.3) is 5.53 Å². The molecule has 0 spiro atoms. The lowest BCUT2D eigenvalue weighted by Crippen LogP contribution is -2.48. The molecule has 0 heterocycles. The molecule has 7 nitrogen and oxygen atoms in total. The van der Waals surface area contributed by atoms with Crippen molar-refractivity contribution < 1.29 is 38.5 Å². The van der Waals surface area contributed by atoms with Gasteiger partial charge in [0.25, 0.3) is 0 Å². The Labute approximate surface area is 99.9 Å². The van der Waals surface area contributed by atoms with E-state index in [4.69, 9.17) is 6.90 Å². The predicted molar refractivity (Wildman–Crippen MR) is 49.3 cm³/mol. The summed E-state index contributed by atoms with van der Waals surface area (Å²) in [6.45, 7) is 0. The van der Waals surface area contributed by atoms with Crippen LogP contribution < -0.4 is 5.32 Å². The van der Waals surface area contributed by atoms with E-state index in [2.05, 4.69) is 9.53 Å². The first kappa shape index (κ1) is 13.8. The van der Waals surface area contributed by atoms with Crippen molar-refractivity contribution in [3.05, 3.63) is 5.53 Å². The third kappa shape index (κ3) is 5.21. The number of alkyl halides is 3. The molecule has 0 aromatic carbocycles. The van der Waals surface area contributed by atoms with E-state index >= 15 is 0 Å². The molecule has 2 atom stereocenters. The smallest absolute Gasteiger partial charge is 0.467 e. The maximum atomic E-state index is 12.0. The van der Waals surface area contributed by atoms with Gasteiger partial charge in [-0.2, -0.15) is 18.0 Å². The number of amides is 1. The summed E-state index contributed by atoms with van der Waals surface area (Å²) >= 11 is 0. The Morgan fingerprint density at radius 1 is 1.56 bits per heavy atom. The predicted octanol–water partition coefficient (Wildman–Crippen LogP) is -0.534. The Morgan fingerprint density at radius 2 is 2.11 bits per heavy atom. The molecule has 0 aromatic rings. The average Bonchev–Trinajstić information content (AvgIpc) is 2.32. The Balaban J connectivity index is 5.13. The average molecular weight is 268 g/mol. The number of ether oxygens (including phenoxy) is 1. The molecular formula is C8H8F3N3O4. The second-order valence-corrected chi connectivity index (χ2v) is 2.79. The summed E-state index contributed by atoms with van der Waals surface area (Å²) in [5.41, 5.74) is 8.06. The second kappa shape index (κ2) is 6.50. The number of nitrogens with zero attached hydrogens (tertiary/aromatic N) is 2. The van der Waals surface area contributed by atoms with E-state index in [1.807, 2.05) is 0 Å². The van der Waals surface area contributed by atoms with Gasteiger partial charge >= 0.3 is 24.3 Å². The number of Topliss-reactive ketones (excluding diaryl/α,β-unsaturated/α-hetero) is 1. The molecule has 1 amide bonds. The summed E-state index contributed by atoms with van der Waals surface area (Å²) < 4.78 is 47.3. The quantitative estimate of drug-likeness (QED) is 0.312. The standard InChI is InChI=1S/C8H8F3N3O4/c1-18-6(16)5(2-4(15)3-13-12)14-7(17)8(9,10)11/h3,5H,2H2,1H3,(H,14,17)/t5-/m0/s1/i2D/t2-,5-. The summed E-state index contributed by atoms with van der Waals surface area (Å²) in [4.78, 5) is 35.2. The number of carbonyl (C=O) groups excluding carboxylic acids is 3. The van der Waals surface area contributed by atoms with Crippen LogP contribution in [0.5, 0.6) is 0 Å². The minimum atomic E-state index is -5.29. The van der Waals surface area contributed by atoms with Crippen LogP contribution in [0, 0.1) is 0 Å². The number of nitrogens with one attached hydrogen (secondary N) is 1. The van der Waals surface area contributed by atoms with Crippen molar-refractivity contribution in [1.82, 2.24) is 5.32 Å². The molecular weight excluding hydrogens is 259 g/mol. The van der Waals surface area contributed by atoms with E-state index in [9.17, 15) is 27.6 Å². The van der Waals surface area contributed by atoms with Crippen LogP contribution in [-0.2, 0) is 19.1 Å². The first-order valence-electron chi connectivity index (χ1n) is 4.82. The number of hydrogen-bond donors (Lipinski definition) is 1. The van der Waals surface area contributed by atoms with E-state index in [0.29, 0.717) is 0 Å². The topological polar surface area (TPSA) is 109 Å². The zero-order chi connectivity index (χ0) is 15.2. The second-order valence-electron chi connectivity index (χ2n) is 2.79. The van der Waals surface area contributed by atoms with Crippen molar-refractivity contribution >= 4 is 23.9 Å². The number of esters is 1. The number of ketones is 1. The largest absolute Gasteiger partial charge is 0.471 e. The molecule has 10 heteroatoms. The van der Waals surface area contributed by atoms with Crippen molar-refractivity contribution in [2.75, 3.05) is 7.11 Å². The number of methoxy groups -OCH3 is 1. The fourth-order valence-corrected chi connectivity index (χ4v) is 0.783. The summed E-state index contributed by atoms with van der Waals surface area (Å²) in [7, 11) is 0.798. The van der Waals surface area contributed by atoms with Crippen molar-refractivity contribution in [2.45, 2.75) is 18.6 Å². The molecule has 0 aromatic heterocycles.